The van der Waals surface area contributed by atoms with E-state index in [9.17, 15) is 0 Å². The topological polar surface area (TPSA) is 43.6 Å². The highest BCUT2D eigenvalue weighted by Crippen LogP contribution is 2.50. The summed E-state index contributed by atoms with van der Waals surface area (Å²) in [6.07, 6.45) is 0. The number of hydrogen-bond acceptors (Lipinski definition) is 3. The minimum absolute atomic E-state index is 0.657. The molecule has 1 aliphatic rings. The molecule has 0 saturated heterocycles. The van der Waals surface area contributed by atoms with Gasteiger partial charge >= 0.3 is 0 Å². The van der Waals surface area contributed by atoms with Crippen LogP contribution in [0.15, 0.2) is 158 Å². The normalized spacial score (nSPS) is 11.5. The van der Waals surface area contributed by atoms with Crippen molar-refractivity contribution in [3.05, 3.63) is 158 Å². The van der Waals surface area contributed by atoms with Gasteiger partial charge in [-0.2, -0.15) is 0 Å². The highest BCUT2D eigenvalue weighted by molar-refractivity contribution is 6.18. The van der Waals surface area contributed by atoms with Crippen LogP contribution < -0.4 is 0 Å². The largest absolute Gasteiger partial charge is 0.309 e. The van der Waals surface area contributed by atoms with Crippen LogP contribution in [0.1, 0.15) is 13.8 Å². The van der Waals surface area contributed by atoms with E-state index in [0.717, 1.165) is 27.8 Å². The van der Waals surface area contributed by atoms with E-state index < -0.39 is 0 Å². The van der Waals surface area contributed by atoms with Crippen LogP contribution in [0.5, 0.6) is 0 Å². The molecule has 0 spiro atoms. The fraction of sp³-hybridized carbons (Fsp3) is 0.0444. The van der Waals surface area contributed by atoms with Crippen LogP contribution in [0, 0.1) is 0 Å². The molecule has 4 nitrogen and oxygen atoms in total. The molecule has 7 aromatic carbocycles. The van der Waals surface area contributed by atoms with Gasteiger partial charge in [0.05, 0.1) is 11.0 Å². The number of rotatable bonds is 4. The molecule has 2 aromatic heterocycles. The number of nitrogens with zero attached hydrogens (tertiary/aromatic N) is 4. The van der Waals surface area contributed by atoms with E-state index in [1.165, 1.54) is 49.4 Å². The van der Waals surface area contributed by atoms with Crippen molar-refractivity contribution in [3.63, 3.8) is 0 Å². The molecule has 10 rings (SSSR count). The summed E-state index contributed by atoms with van der Waals surface area (Å²) in [5.41, 5.74) is 11.3. The Kier molecular flexibility index (Phi) is 6.87. The van der Waals surface area contributed by atoms with Crippen molar-refractivity contribution < 1.29 is 0 Å². The molecule has 232 valence electrons. The molecule has 49 heavy (non-hydrogen) atoms. The van der Waals surface area contributed by atoms with E-state index in [4.69, 9.17) is 15.0 Å². The van der Waals surface area contributed by atoms with Crippen LogP contribution in [0.2, 0.25) is 0 Å². The Balaban J connectivity index is 0.00000160. The zero-order chi connectivity index (χ0) is 32.9. The maximum absolute atomic E-state index is 5.08. The molecule has 0 N–H and O–H groups in total. The highest BCUT2D eigenvalue weighted by atomic mass is 15.0. The molecule has 0 aliphatic heterocycles. The maximum atomic E-state index is 5.08. The first-order valence-corrected chi connectivity index (χ1v) is 16.9. The molecular formula is C45H32N4. The Morgan fingerprint density at radius 1 is 0.388 bits per heavy atom. The minimum atomic E-state index is 0.657. The number of aromatic nitrogens is 4. The average Bonchev–Trinajstić information content (AvgIpc) is 3.69. The lowest BCUT2D eigenvalue weighted by Gasteiger charge is -2.13. The zero-order valence-electron chi connectivity index (χ0n) is 27.3. The Hall–Kier alpha value is -6.39. The van der Waals surface area contributed by atoms with Crippen molar-refractivity contribution in [1.82, 2.24) is 19.5 Å². The lowest BCUT2D eigenvalue weighted by Crippen LogP contribution is -2.00. The predicted octanol–water partition coefficient (Wildman–Crippen LogP) is 11.8. The fourth-order valence-corrected chi connectivity index (χ4v) is 7.27. The number of benzene rings is 7. The molecule has 4 heteroatoms. The molecular weight excluding hydrogens is 597 g/mol. The van der Waals surface area contributed by atoms with Crippen molar-refractivity contribution in [1.29, 1.82) is 0 Å². The van der Waals surface area contributed by atoms with Crippen LogP contribution in [0.3, 0.4) is 0 Å². The standard InChI is InChI=1S/C43H26N4.C2H6/c1-3-13-27(14-4-1)41-44-42(28-15-5-2-6-16-28)46-43(45-41)30-23-29-24-31(26-37-33-18-8-7-17-32(33)36(25-30)40(29)37)47-38-21-11-9-19-34(38)35-20-10-12-22-39(35)47;1-2/h1-26H;1-2H3. The van der Waals surface area contributed by atoms with E-state index in [1.54, 1.807) is 0 Å². The fourth-order valence-electron chi connectivity index (χ4n) is 7.27. The summed E-state index contributed by atoms with van der Waals surface area (Å²) in [7, 11) is 0. The van der Waals surface area contributed by atoms with Crippen LogP contribution in [-0.4, -0.2) is 19.5 Å². The van der Waals surface area contributed by atoms with Crippen molar-refractivity contribution in [2.75, 3.05) is 0 Å². The van der Waals surface area contributed by atoms with Gasteiger partial charge in [-0.05, 0) is 69.4 Å². The van der Waals surface area contributed by atoms with Crippen molar-refractivity contribution in [3.8, 4) is 62.1 Å². The van der Waals surface area contributed by atoms with Crippen molar-refractivity contribution >= 4 is 32.6 Å². The third kappa shape index (κ3) is 4.64. The highest BCUT2D eigenvalue weighted by Gasteiger charge is 2.25. The molecule has 0 amide bonds. The first kappa shape index (κ1) is 28.8. The molecule has 0 fully saturated rings. The third-order valence-corrected chi connectivity index (χ3v) is 9.34. The number of para-hydroxylation sites is 2. The average molecular weight is 629 g/mol. The van der Waals surface area contributed by atoms with Gasteiger partial charge in [-0.25, -0.2) is 15.0 Å². The summed E-state index contributed by atoms with van der Waals surface area (Å²) < 4.78 is 2.40. The van der Waals surface area contributed by atoms with Crippen LogP contribution >= 0.6 is 0 Å². The summed E-state index contributed by atoms with van der Waals surface area (Å²) in [4.78, 5) is 15.1. The molecule has 9 aromatic rings. The summed E-state index contributed by atoms with van der Waals surface area (Å²) in [5, 5.41) is 4.93. The van der Waals surface area contributed by atoms with E-state index in [1.807, 2.05) is 74.5 Å². The number of hydrogen-bond donors (Lipinski definition) is 0. The first-order valence-electron chi connectivity index (χ1n) is 16.9. The molecule has 0 saturated carbocycles. The monoisotopic (exact) mass is 628 g/mol. The van der Waals surface area contributed by atoms with Gasteiger partial charge in [-0.3, -0.25) is 0 Å². The Bertz CT molecular complexity index is 2560. The second-order valence-corrected chi connectivity index (χ2v) is 12.1. The van der Waals surface area contributed by atoms with Crippen molar-refractivity contribution in [2.24, 2.45) is 0 Å². The van der Waals surface area contributed by atoms with Gasteiger partial charge in [0.15, 0.2) is 17.5 Å². The smallest absolute Gasteiger partial charge is 0.164 e. The quantitative estimate of drug-likeness (QED) is 0.195. The van der Waals surface area contributed by atoms with Crippen LogP contribution in [-0.2, 0) is 0 Å². The summed E-state index contributed by atoms with van der Waals surface area (Å²) in [6, 6.07) is 55.6. The van der Waals surface area contributed by atoms with Gasteiger partial charge < -0.3 is 4.57 Å². The zero-order valence-corrected chi connectivity index (χ0v) is 27.3. The lowest BCUT2D eigenvalue weighted by atomic mass is 9.98. The first-order chi connectivity index (χ1) is 24.3. The molecule has 0 unspecified atom stereocenters. The minimum Gasteiger partial charge on any atom is -0.309 e. The van der Waals surface area contributed by atoms with E-state index >= 15 is 0 Å². The van der Waals surface area contributed by atoms with Crippen molar-refractivity contribution in [2.45, 2.75) is 13.8 Å². The van der Waals surface area contributed by atoms with Gasteiger partial charge in [0.25, 0.3) is 0 Å². The van der Waals surface area contributed by atoms with Gasteiger partial charge in [0.1, 0.15) is 0 Å². The van der Waals surface area contributed by atoms with E-state index in [-0.39, 0.29) is 0 Å². The van der Waals surface area contributed by atoms with Gasteiger partial charge in [0.2, 0.25) is 0 Å². The predicted molar refractivity (Wildman–Crippen MR) is 204 cm³/mol. The summed E-state index contributed by atoms with van der Waals surface area (Å²) >= 11 is 0. The van der Waals surface area contributed by atoms with Gasteiger partial charge in [-0.1, -0.05) is 135 Å². The third-order valence-electron chi connectivity index (χ3n) is 9.34. The van der Waals surface area contributed by atoms with Gasteiger partial charge in [-0.15, -0.1) is 0 Å². The maximum Gasteiger partial charge on any atom is 0.164 e. The summed E-state index contributed by atoms with van der Waals surface area (Å²) in [5.74, 6) is 1.97. The van der Waals surface area contributed by atoms with Crippen LogP contribution in [0.25, 0.3) is 94.7 Å². The second-order valence-electron chi connectivity index (χ2n) is 12.1. The van der Waals surface area contributed by atoms with Gasteiger partial charge in [0, 0.05) is 33.2 Å². The lowest BCUT2D eigenvalue weighted by molar-refractivity contribution is 1.07. The molecule has 1 aliphatic carbocycles. The Morgan fingerprint density at radius 3 is 1.39 bits per heavy atom. The number of fused-ring (bicyclic) bond motifs is 6. The Morgan fingerprint density at radius 2 is 0.837 bits per heavy atom. The molecule has 0 radical (unpaired) electrons. The second kappa shape index (κ2) is 11.7. The Labute approximate surface area is 285 Å². The SMILES string of the molecule is CC.c1ccc(-c2nc(-c3ccccc3)nc(-c3cc4c5c(cc(-n6c7ccccc7c7ccccc76)cc5c3)-c3ccccc3-4)n2)cc1. The summed E-state index contributed by atoms with van der Waals surface area (Å²) in [6.45, 7) is 4.00. The molecule has 0 atom stereocenters. The van der Waals surface area contributed by atoms with E-state index in [2.05, 4.69) is 102 Å². The van der Waals surface area contributed by atoms with Crippen LogP contribution in [0.4, 0.5) is 0 Å². The molecule has 2 heterocycles. The molecule has 0 bridgehead atoms. The van der Waals surface area contributed by atoms with E-state index in [0.29, 0.717) is 17.5 Å².